The molecule has 1 fully saturated rings. The van der Waals surface area contributed by atoms with Gasteiger partial charge in [0.05, 0.1) is 17.7 Å². The maximum Gasteiger partial charge on any atom is 0.0991 e. The highest BCUT2D eigenvalue weighted by Crippen LogP contribution is 2.24. The van der Waals surface area contributed by atoms with Crippen LogP contribution in [-0.2, 0) is 0 Å². The minimum absolute atomic E-state index is 0.464. The van der Waals surface area contributed by atoms with Crippen LogP contribution in [0.15, 0.2) is 24.3 Å². The first-order valence-electron chi connectivity index (χ1n) is 7.00. The molecule has 3 unspecified atom stereocenters. The Labute approximate surface area is 115 Å². The van der Waals surface area contributed by atoms with Gasteiger partial charge in [0, 0.05) is 13.1 Å². The number of hydrogen-bond acceptors (Lipinski definition) is 3. The van der Waals surface area contributed by atoms with Crippen LogP contribution in [0.3, 0.4) is 0 Å². The average Bonchev–Trinajstić information content (AvgIpc) is 2.43. The van der Waals surface area contributed by atoms with Crippen molar-refractivity contribution in [2.75, 3.05) is 19.6 Å². The second kappa shape index (κ2) is 6.18. The molecule has 0 bridgehead atoms. The lowest BCUT2D eigenvalue weighted by molar-refractivity contribution is 0.0705. The molecule has 0 spiro atoms. The van der Waals surface area contributed by atoms with E-state index in [9.17, 15) is 5.11 Å². The lowest BCUT2D eigenvalue weighted by atomic mass is 9.88. The first-order valence-corrected chi connectivity index (χ1v) is 7.00. The second-order valence-electron chi connectivity index (χ2n) is 5.75. The standard InChI is InChI=1S/C16H22N2O/c1-12-7-8-18(10-13(12)2)11-16(19)15-5-3-14(9-17)4-6-15/h3-6,12-13,16,19H,7-8,10-11H2,1-2H3. The third kappa shape index (κ3) is 3.56. The molecule has 0 saturated carbocycles. The zero-order chi connectivity index (χ0) is 13.8. The Balaban J connectivity index is 1.93. The van der Waals surface area contributed by atoms with Gasteiger partial charge in [0.2, 0.25) is 0 Å². The van der Waals surface area contributed by atoms with Crippen molar-refractivity contribution in [1.82, 2.24) is 4.90 Å². The number of aliphatic hydroxyl groups excluding tert-OH is 1. The number of hydrogen-bond donors (Lipinski definition) is 1. The third-order valence-corrected chi connectivity index (χ3v) is 4.27. The summed E-state index contributed by atoms with van der Waals surface area (Å²) >= 11 is 0. The van der Waals surface area contributed by atoms with E-state index < -0.39 is 6.10 Å². The summed E-state index contributed by atoms with van der Waals surface area (Å²) in [5, 5.41) is 19.0. The Morgan fingerprint density at radius 1 is 1.32 bits per heavy atom. The van der Waals surface area contributed by atoms with Crippen LogP contribution in [0.25, 0.3) is 0 Å². The topological polar surface area (TPSA) is 47.3 Å². The maximum absolute atomic E-state index is 10.3. The van der Waals surface area contributed by atoms with Crippen molar-refractivity contribution in [1.29, 1.82) is 5.26 Å². The Kier molecular flexibility index (Phi) is 4.57. The molecule has 3 atom stereocenters. The number of likely N-dealkylation sites (tertiary alicyclic amines) is 1. The molecule has 3 nitrogen and oxygen atoms in total. The third-order valence-electron chi connectivity index (χ3n) is 4.27. The highest BCUT2D eigenvalue weighted by atomic mass is 16.3. The molecular formula is C16H22N2O. The van der Waals surface area contributed by atoms with Crippen molar-refractivity contribution >= 4 is 0 Å². The predicted molar refractivity (Wildman–Crippen MR) is 75.5 cm³/mol. The summed E-state index contributed by atoms with van der Waals surface area (Å²) in [5.41, 5.74) is 1.53. The first-order chi connectivity index (χ1) is 9.10. The summed E-state index contributed by atoms with van der Waals surface area (Å²) in [6.45, 7) is 7.40. The molecule has 0 amide bonds. The van der Waals surface area contributed by atoms with Crippen LogP contribution in [0.2, 0.25) is 0 Å². The van der Waals surface area contributed by atoms with Crippen LogP contribution in [0.5, 0.6) is 0 Å². The highest BCUT2D eigenvalue weighted by Gasteiger charge is 2.24. The van der Waals surface area contributed by atoms with E-state index in [0.717, 1.165) is 24.6 Å². The minimum Gasteiger partial charge on any atom is -0.387 e. The van der Waals surface area contributed by atoms with Gasteiger partial charge in [-0.3, -0.25) is 0 Å². The molecular weight excluding hydrogens is 236 g/mol. The molecule has 2 rings (SSSR count). The largest absolute Gasteiger partial charge is 0.387 e. The van der Waals surface area contributed by atoms with Gasteiger partial charge in [0.1, 0.15) is 0 Å². The number of nitriles is 1. The minimum atomic E-state index is -0.464. The molecule has 1 aliphatic rings. The Morgan fingerprint density at radius 2 is 2.00 bits per heavy atom. The van der Waals surface area contributed by atoms with Crippen LogP contribution >= 0.6 is 0 Å². The number of rotatable bonds is 3. The lowest BCUT2D eigenvalue weighted by Crippen LogP contribution is -2.40. The van der Waals surface area contributed by atoms with E-state index in [-0.39, 0.29) is 0 Å². The average molecular weight is 258 g/mol. The normalized spacial score (nSPS) is 25.8. The Hall–Kier alpha value is -1.37. The molecule has 102 valence electrons. The van der Waals surface area contributed by atoms with E-state index in [0.29, 0.717) is 18.0 Å². The van der Waals surface area contributed by atoms with Crippen molar-refractivity contribution in [3.63, 3.8) is 0 Å². The van der Waals surface area contributed by atoms with Gasteiger partial charge in [-0.05, 0) is 42.5 Å². The van der Waals surface area contributed by atoms with Gasteiger partial charge in [-0.25, -0.2) is 0 Å². The SMILES string of the molecule is CC1CCN(CC(O)c2ccc(C#N)cc2)CC1C. The fourth-order valence-corrected chi connectivity index (χ4v) is 2.64. The van der Waals surface area contributed by atoms with Gasteiger partial charge >= 0.3 is 0 Å². The van der Waals surface area contributed by atoms with Crippen LogP contribution < -0.4 is 0 Å². The van der Waals surface area contributed by atoms with Gasteiger partial charge in [-0.2, -0.15) is 5.26 Å². The Morgan fingerprint density at radius 3 is 2.58 bits per heavy atom. The number of aliphatic hydroxyl groups is 1. The number of nitrogens with zero attached hydrogens (tertiary/aromatic N) is 2. The predicted octanol–water partition coefficient (Wildman–Crippen LogP) is 2.57. The second-order valence-corrected chi connectivity index (χ2v) is 5.75. The molecule has 0 aliphatic carbocycles. The Bertz CT molecular complexity index is 449. The van der Waals surface area contributed by atoms with E-state index >= 15 is 0 Å². The number of benzene rings is 1. The summed E-state index contributed by atoms with van der Waals surface area (Å²) in [7, 11) is 0. The van der Waals surface area contributed by atoms with Crippen LogP contribution in [0.1, 0.15) is 37.5 Å². The summed E-state index contributed by atoms with van der Waals surface area (Å²) in [6, 6.07) is 9.31. The number of β-amino-alcohol motifs (C(OH)–C–C–N with tert-alkyl or cyclic N) is 1. The van der Waals surface area contributed by atoms with E-state index in [2.05, 4.69) is 24.8 Å². The fraction of sp³-hybridized carbons (Fsp3) is 0.562. The number of piperidine rings is 1. The molecule has 1 heterocycles. The van der Waals surface area contributed by atoms with E-state index in [1.807, 2.05) is 12.1 Å². The molecule has 3 heteroatoms. The van der Waals surface area contributed by atoms with Gasteiger partial charge < -0.3 is 10.0 Å². The van der Waals surface area contributed by atoms with Gasteiger partial charge in [0.25, 0.3) is 0 Å². The zero-order valence-electron chi connectivity index (χ0n) is 11.7. The van der Waals surface area contributed by atoms with Crippen molar-refractivity contribution in [3.8, 4) is 6.07 Å². The molecule has 1 aliphatic heterocycles. The molecule has 1 aromatic carbocycles. The monoisotopic (exact) mass is 258 g/mol. The summed E-state index contributed by atoms with van der Waals surface area (Å²) in [5.74, 6) is 1.48. The summed E-state index contributed by atoms with van der Waals surface area (Å²) in [4.78, 5) is 2.34. The van der Waals surface area contributed by atoms with Crippen LogP contribution in [-0.4, -0.2) is 29.6 Å². The lowest BCUT2D eigenvalue weighted by Gasteiger charge is -2.36. The van der Waals surface area contributed by atoms with Crippen molar-refractivity contribution < 1.29 is 5.11 Å². The van der Waals surface area contributed by atoms with Crippen LogP contribution in [0, 0.1) is 23.2 Å². The van der Waals surface area contributed by atoms with E-state index in [4.69, 9.17) is 5.26 Å². The van der Waals surface area contributed by atoms with Gasteiger partial charge in [-0.15, -0.1) is 0 Å². The molecule has 0 radical (unpaired) electrons. The quantitative estimate of drug-likeness (QED) is 0.906. The van der Waals surface area contributed by atoms with Crippen molar-refractivity contribution in [2.24, 2.45) is 11.8 Å². The molecule has 1 N–H and O–H groups in total. The van der Waals surface area contributed by atoms with Crippen molar-refractivity contribution in [3.05, 3.63) is 35.4 Å². The van der Waals surface area contributed by atoms with E-state index in [1.165, 1.54) is 6.42 Å². The smallest absolute Gasteiger partial charge is 0.0991 e. The summed E-state index contributed by atoms with van der Waals surface area (Å²) in [6.07, 6.45) is 0.745. The zero-order valence-corrected chi connectivity index (χ0v) is 11.7. The fourth-order valence-electron chi connectivity index (χ4n) is 2.64. The van der Waals surface area contributed by atoms with E-state index in [1.54, 1.807) is 12.1 Å². The molecule has 1 saturated heterocycles. The maximum atomic E-state index is 10.3. The molecule has 19 heavy (non-hydrogen) atoms. The first kappa shape index (κ1) is 14.0. The summed E-state index contributed by atoms with van der Waals surface area (Å²) < 4.78 is 0. The van der Waals surface area contributed by atoms with Gasteiger partial charge in [0.15, 0.2) is 0 Å². The van der Waals surface area contributed by atoms with Crippen LogP contribution in [0.4, 0.5) is 0 Å². The highest BCUT2D eigenvalue weighted by molar-refractivity contribution is 5.32. The van der Waals surface area contributed by atoms with Crippen molar-refractivity contribution in [2.45, 2.75) is 26.4 Å². The molecule has 1 aromatic rings. The van der Waals surface area contributed by atoms with Gasteiger partial charge in [-0.1, -0.05) is 26.0 Å². The molecule has 0 aromatic heterocycles.